The first kappa shape index (κ1) is 16.7. The first-order chi connectivity index (χ1) is 10.4. The number of imidazole rings is 1. The lowest BCUT2D eigenvalue weighted by Gasteiger charge is -2.08. The molecule has 0 spiro atoms. The Morgan fingerprint density at radius 2 is 2.00 bits per heavy atom. The molecule has 0 aliphatic rings. The zero-order valence-corrected chi connectivity index (χ0v) is 14.4. The van der Waals surface area contributed by atoms with E-state index in [4.69, 9.17) is 5.11 Å². The molecule has 0 amide bonds. The zero-order chi connectivity index (χ0) is 16.4. The van der Waals surface area contributed by atoms with Crippen molar-refractivity contribution in [2.75, 3.05) is 6.61 Å². The molecule has 0 aliphatic carbocycles. The molecule has 0 aliphatic heterocycles. The van der Waals surface area contributed by atoms with E-state index in [1.165, 1.54) is 4.57 Å². The summed E-state index contributed by atoms with van der Waals surface area (Å²) in [6.45, 7) is 4.55. The number of fused-ring (bicyclic) bond motifs is 1. The minimum atomic E-state index is -0.426. The Kier molecular flexibility index (Phi) is 5.02. The van der Waals surface area contributed by atoms with Crippen LogP contribution in [-0.2, 0) is 20.1 Å². The van der Waals surface area contributed by atoms with E-state index < -0.39 is 5.69 Å². The summed E-state index contributed by atoms with van der Waals surface area (Å²) in [5.41, 5.74) is 1.05. The Hall–Kier alpha value is -1.67. The van der Waals surface area contributed by atoms with Gasteiger partial charge in [-0.15, -0.1) is 0 Å². The Morgan fingerprint density at radius 1 is 1.32 bits per heavy atom. The lowest BCUT2D eigenvalue weighted by atomic mass is 10.3. The molecule has 1 N–H and O–H groups in total. The third-order valence-corrected chi connectivity index (χ3v) is 4.01. The molecular weight excluding hydrogens is 352 g/mol. The minimum Gasteiger partial charge on any atom is -0.396 e. The topological polar surface area (TPSA) is 82.1 Å². The average Bonchev–Trinajstić information content (AvgIpc) is 2.80. The molecule has 0 bridgehead atoms. The van der Waals surface area contributed by atoms with Crippen molar-refractivity contribution < 1.29 is 5.11 Å². The van der Waals surface area contributed by atoms with E-state index >= 15 is 0 Å². The van der Waals surface area contributed by atoms with Gasteiger partial charge in [0.15, 0.2) is 15.9 Å². The summed E-state index contributed by atoms with van der Waals surface area (Å²) in [4.78, 5) is 29.2. The second kappa shape index (κ2) is 6.62. The van der Waals surface area contributed by atoms with Crippen molar-refractivity contribution in [3.05, 3.63) is 37.2 Å². The molecule has 0 saturated carbocycles. The number of hydrogen-bond acceptors (Lipinski definition) is 4. The number of aliphatic hydroxyl groups excluding tert-OH is 1. The number of allylic oxidation sites excluding steroid dienone is 2. The second-order valence-corrected chi connectivity index (χ2v) is 6.03. The maximum Gasteiger partial charge on any atom is 0.332 e. The van der Waals surface area contributed by atoms with Crippen LogP contribution in [0.25, 0.3) is 11.2 Å². The summed E-state index contributed by atoms with van der Waals surface area (Å²) in [5, 5.41) is 8.94. The summed E-state index contributed by atoms with van der Waals surface area (Å²) >= 11 is 3.35. The highest BCUT2D eigenvalue weighted by Crippen LogP contribution is 2.16. The number of rotatable bonds is 5. The highest BCUT2D eigenvalue weighted by atomic mass is 79.9. The fraction of sp³-hybridized carbons (Fsp3) is 0.500. The van der Waals surface area contributed by atoms with Crippen molar-refractivity contribution in [3.63, 3.8) is 0 Å². The van der Waals surface area contributed by atoms with Crippen molar-refractivity contribution >= 4 is 27.1 Å². The number of nitrogens with zero attached hydrogens (tertiary/aromatic N) is 4. The van der Waals surface area contributed by atoms with E-state index in [1.54, 1.807) is 11.6 Å². The number of aryl methyl sites for hydroxylation is 1. The van der Waals surface area contributed by atoms with Gasteiger partial charge in [-0.2, -0.15) is 0 Å². The molecule has 8 heteroatoms. The number of aromatic nitrogens is 4. The average molecular weight is 371 g/mol. The molecular formula is C14H19BrN4O3. The molecule has 2 heterocycles. The van der Waals surface area contributed by atoms with Crippen molar-refractivity contribution in [1.29, 1.82) is 0 Å². The summed E-state index contributed by atoms with van der Waals surface area (Å²) < 4.78 is 4.75. The summed E-state index contributed by atoms with van der Waals surface area (Å²) in [6, 6.07) is 0. The highest BCUT2D eigenvalue weighted by molar-refractivity contribution is 9.10. The molecule has 22 heavy (non-hydrogen) atoms. The standard InChI is InChI=1S/C14H19BrN4O3/c1-9(2)5-7-18-10-11(16-13(18)15)17(3)14(22)19(12(10)21)6-4-8-20/h5,20H,4,6-8H2,1-3H3. The predicted octanol–water partition coefficient (Wildman–Crippen LogP) is 1.01. The van der Waals surface area contributed by atoms with Crippen LogP contribution in [0.15, 0.2) is 26.0 Å². The minimum absolute atomic E-state index is 0.0750. The number of halogens is 1. The molecule has 0 fully saturated rings. The largest absolute Gasteiger partial charge is 0.396 e. The van der Waals surface area contributed by atoms with Gasteiger partial charge in [0.1, 0.15) is 0 Å². The molecule has 0 atom stereocenters. The SMILES string of the molecule is CC(C)=CCn1c(Br)nc2c1c(=O)n(CCCO)c(=O)n2C. The van der Waals surface area contributed by atoms with Gasteiger partial charge in [0.25, 0.3) is 5.56 Å². The molecule has 0 saturated heterocycles. The van der Waals surface area contributed by atoms with Crippen LogP contribution in [0.1, 0.15) is 20.3 Å². The van der Waals surface area contributed by atoms with Crippen LogP contribution >= 0.6 is 15.9 Å². The monoisotopic (exact) mass is 370 g/mol. The van der Waals surface area contributed by atoms with Gasteiger partial charge in [-0.25, -0.2) is 9.78 Å². The summed E-state index contributed by atoms with van der Waals surface area (Å²) in [6.07, 6.45) is 2.33. The fourth-order valence-corrected chi connectivity index (χ4v) is 2.70. The van der Waals surface area contributed by atoms with Crippen LogP contribution in [0.4, 0.5) is 0 Å². The van der Waals surface area contributed by atoms with E-state index in [1.807, 2.05) is 19.9 Å². The van der Waals surface area contributed by atoms with Gasteiger partial charge in [-0.3, -0.25) is 13.9 Å². The molecule has 120 valence electrons. The molecule has 0 aromatic carbocycles. The van der Waals surface area contributed by atoms with Crippen LogP contribution in [0.5, 0.6) is 0 Å². The zero-order valence-electron chi connectivity index (χ0n) is 12.8. The van der Waals surface area contributed by atoms with Gasteiger partial charge in [0.05, 0.1) is 0 Å². The maximum atomic E-state index is 12.7. The second-order valence-electron chi connectivity index (χ2n) is 5.32. The summed E-state index contributed by atoms with van der Waals surface area (Å²) in [7, 11) is 1.59. The van der Waals surface area contributed by atoms with E-state index in [0.717, 1.165) is 10.1 Å². The van der Waals surface area contributed by atoms with Crippen LogP contribution in [-0.4, -0.2) is 30.4 Å². The number of aliphatic hydroxyl groups is 1. The first-order valence-corrected chi connectivity index (χ1v) is 7.77. The molecule has 0 unspecified atom stereocenters. The Labute approximate surface area is 135 Å². The molecule has 7 nitrogen and oxygen atoms in total. The molecule has 2 aromatic rings. The van der Waals surface area contributed by atoms with E-state index in [0.29, 0.717) is 28.9 Å². The van der Waals surface area contributed by atoms with Crippen molar-refractivity contribution in [2.24, 2.45) is 7.05 Å². The molecule has 2 rings (SSSR count). The van der Waals surface area contributed by atoms with Crippen LogP contribution in [0, 0.1) is 0 Å². The third-order valence-electron chi connectivity index (χ3n) is 3.41. The number of hydrogen-bond donors (Lipinski definition) is 1. The van der Waals surface area contributed by atoms with Gasteiger partial charge < -0.3 is 9.67 Å². The normalized spacial score (nSPS) is 11.1. The van der Waals surface area contributed by atoms with Gasteiger partial charge in [-0.05, 0) is 36.2 Å². The van der Waals surface area contributed by atoms with Gasteiger partial charge in [0, 0.05) is 26.7 Å². The van der Waals surface area contributed by atoms with E-state index in [9.17, 15) is 9.59 Å². The Bertz CT molecular complexity index is 840. The molecule has 2 aromatic heterocycles. The highest BCUT2D eigenvalue weighted by Gasteiger charge is 2.18. The van der Waals surface area contributed by atoms with Gasteiger partial charge in [0.2, 0.25) is 0 Å². The Morgan fingerprint density at radius 3 is 2.59 bits per heavy atom. The lowest BCUT2D eigenvalue weighted by Crippen LogP contribution is -2.39. The van der Waals surface area contributed by atoms with Gasteiger partial charge >= 0.3 is 5.69 Å². The van der Waals surface area contributed by atoms with E-state index in [-0.39, 0.29) is 18.7 Å². The van der Waals surface area contributed by atoms with Crippen LogP contribution in [0.3, 0.4) is 0 Å². The lowest BCUT2D eigenvalue weighted by molar-refractivity contribution is 0.277. The predicted molar refractivity (Wildman–Crippen MR) is 88.1 cm³/mol. The third kappa shape index (κ3) is 2.93. The molecule has 0 radical (unpaired) electrons. The first-order valence-electron chi connectivity index (χ1n) is 6.98. The van der Waals surface area contributed by atoms with Crippen LogP contribution in [0.2, 0.25) is 0 Å². The fourth-order valence-electron chi connectivity index (χ4n) is 2.21. The van der Waals surface area contributed by atoms with Gasteiger partial charge in [-0.1, -0.05) is 11.6 Å². The van der Waals surface area contributed by atoms with Crippen LogP contribution < -0.4 is 11.2 Å². The smallest absolute Gasteiger partial charge is 0.332 e. The quantitative estimate of drug-likeness (QED) is 0.628. The van der Waals surface area contributed by atoms with E-state index in [2.05, 4.69) is 20.9 Å². The van der Waals surface area contributed by atoms with Crippen molar-refractivity contribution in [2.45, 2.75) is 33.4 Å². The Balaban J connectivity index is 2.76. The van der Waals surface area contributed by atoms with Crippen molar-refractivity contribution in [1.82, 2.24) is 18.7 Å². The summed E-state index contributed by atoms with van der Waals surface area (Å²) in [5.74, 6) is 0. The van der Waals surface area contributed by atoms with Crippen molar-refractivity contribution in [3.8, 4) is 0 Å². The maximum absolute atomic E-state index is 12.7.